The molecule has 4 heteroatoms. The molecule has 0 atom stereocenters. The van der Waals surface area contributed by atoms with Crippen LogP contribution in [0, 0.1) is 0 Å². The van der Waals surface area contributed by atoms with Crippen molar-refractivity contribution in [3.63, 3.8) is 0 Å². The summed E-state index contributed by atoms with van der Waals surface area (Å²) < 4.78 is 21.6. The Kier molecular flexibility index (Phi) is 5.31. The molecule has 0 aromatic heterocycles. The van der Waals surface area contributed by atoms with Crippen molar-refractivity contribution in [2.75, 3.05) is 28.4 Å². The molecule has 0 N–H and O–H groups in total. The van der Waals surface area contributed by atoms with Gasteiger partial charge in [-0.3, -0.25) is 0 Å². The van der Waals surface area contributed by atoms with Crippen LogP contribution in [0.2, 0.25) is 0 Å². The highest BCUT2D eigenvalue weighted by atomic mass is 16.5. The van der Waals surface area contributed by atoms with Crippen LogP contribution in [0.5, 0.6) is 23.0 Å². The van der Waals surface area contributed by atoms with Crippen LogP contribution < -0.4 is 18.9 Å². The Hall–Kier alpha value is -2.62. The van der Waals surface area contributed by atoms with Gasteiger partial charge >= 0.3 is 0 Å². The molecule has 0 amide bonds. The van der Waals surface area contributed by atoms with Gasteiger partial charge in [0, 0.05) is 0 Å². The summed E-state index contributed by atoms with van der Waals surface area (Å²) in [6, 6.07) is 11.3. The zero-order valence-corrected chi connectivity index (χ0v) is 13.3. The molecule has 2 aromatic carbocycles. The third-order valence-electron chi connectivity index (χ3n) is 3.35. The first-order valence-electron chi connectivity index (χ1n) is 6.85. The summed E-state index contributed by atoms with van der Waals surface area (Å²) in [5, 5.41) is 0. The molecule has 0 radical (unpaired) electrons. The largest absolute Gasteiger partial charge is 0.496 e. The first-order valence-corrected chi connectivity index (χ1v) is 6.85. The van der Waals surface area contributed by atoms with Crippen LogP contribution in [0.25, 0.3) is 12.2 Å². The lowest BCUT2D eigenvalue weighted by Crippen LogP contribution is -1.93. The number of hydrogen-bond acceptors (Lipinski definition) is 4. The summed E-state index contributed by atoms with van der Waals surface area (Å²) in [7, 11) is 6.54. The number of benzene rings is 2. The molecule has 0 unspecified atom stereocenters. The first-order chi connectivity index (χ1) is 10.7. The number of methoxy groups -OCH3 is 4. The van der Waals surface area contributed by atoms with Crippen LogP contribution in [0.15, 0.2) is 36.4 Å². The Morgan fingerprint density at radius 1 is 0.545 bits per heavy atom. The van der Waals surface area contributed by atoms with Crippen molar-refractivity contribution in [2.45, 2.75) is 0 Å². The van der Waals surface area contributed by atoms with E-state index in [-0.39, 0.29) is 0 Å². The number of rotatable bonds is 6. The molecule has 0 heterocycles. The minimum absolute atomic E-state index is 0.740. The molecule has 0 fully saturated rings. The minimum Gasteiger partial charge on any atom is -0.496 e. The predicted molar refractivity (Wildman–Crippen MR) is 88.0 cm³/mol. The van der Waals surface area contributed by atoms with Crippen LogP contribution in [0.3, 0.4) is 0 Å². The van der Waals surface area contributed by atoms with Gasteiger partial charge in [0.25, 0.3) is 0 Å². The van der Waals surface area contributed by atoms with Gasteiger partial charge in [0.1, 0.15) is 23.0 Å². The van der Waals surface area contributed by atoms with Gasteiger partial charge in [-0.1, -0.05) is 12.1 Å². The predicted octanol–water partition coefficient (Wildman–Crippen LogP) is 3.89. The van der Waals surface area contributed by atoms with Crippen molar-refractivity contribution < 1.29 is 18.9 Å². The van der Waals surface area contributed by atoms with Gasteiger partial charge in [-0.05, 0) is 36.4 Å². The zero-order valence-electron chi connectivity index (χ0n) is 13.3. The van der Waals surface area contributed by atoms with Crippen molar-refractivity contribution in [3.05, 3.63) is 47.5 Å². The van der Waals surface area contributed by atoms with E-state index < -0.39 is 0 Å². The zero-order chi connectivity index (χ0) is 15.9. The SMILES string of the molecule is COc1cccc(OC)c1/C=C\c1c(OC)cccc1OC. The molecule has 0 aliphatic rings. The summed E-state index contributed by atoms with van der Waals surface area (Å²) >= 11 is 0. The highest BCUT2D eigenvalue weighted by molar-refractivity contribution is 5.80. The Labute approximate surface area is 130 Å². The van der Waals surface area contributed by atoms with Gasteiger partial charge in [-0.2, -0.15) is 0 Å². The Bertz CT molecular complexity index is 560. The average Bonchev–Trinajstić information content (AvgIpc) is 2.58. The van der Waals surface area contributed by atoms with Gasteiger partial charge in [0.15, 0.2) is 0 Å². The Morgan fingerprint density at radius 3 is 1.05 bits per heavy atom. The van der Waals surface area contributed by atoms with E-state index >= 15 is 0 Å². The molecule has 116 valence electrons. The van der Waals surface area contributed by atoms with Crippen molar-refractivity contribution >= 4 is 12.2 Å². The normalized spacial score (nSPS) is 10.5. The molecular formula is C18H20O4. The third-order valence-corrected chi connectivity index (χ3v) is 3.35. The van der Waals surface area contributed by atoms with Crippen LogP contribution >= 0.6 is 0 Å². The molecule has 0 saturated carbocycles. The van der Waals surface area contributed by atoms with Crippen molar-refractivity contribution in [1.82, 2.24) is 0 Å². The second-order valence-corrected chi connectivity index (χ2v) is 4.49. The number of hydrogen-bond donors (Lipinski definition) is 0. The summed E-state index contributed by atoms with van der Waals surface area (Å²) in [4.78, 5) is 0. The van der Waals surface area contributed by atoms with Gasteiger partial charge < -0.3 is 18.9 Å². The van der Waals surface area contributed by atoms with E-state index in [1.807, 2.05) is 48.6 Å². The van der Waals surface area contributed by atoms with E-state index in [0.717, 1.165) is 34.1 Å². The van der Waals surface area contributed by atoms with E-state index in [2.05, 4.69) is 0 Å². The van der Waals surface area contributed by atoms with Crippen LogP contribution in [-0.2, 0) is 0 Å². The highest BCUT2D eigenvalue weighted by Gasteiger charge is 2.09. The molecule has 0 spiro atoms. The van der Waals surface area contributed by atoms with Gasteiger partial charge in [-0.25, -0.2) is 0 Å². The maximum atomic E-state index is 5.40. The molecular weight excluding hydrogens is 280 g/mol. The monoisotopic (exact) mass is 300 g/mol. The van der Waals surface area contributed by atoms with E-state index in [4.69, 9.17) is 18.9 Å². The lowest BCUT2D eigenvalue weighted by atomic mass is 10.1. The van der Waals surface area contributed by atoms with E-state index in [1.165, 1.54) is 0 Å². The van der Waals surface area contributed by atoms with E-state index in [0.29, 0.717) is 0 Å². The highest BCUT2D eigenvalue weighted by Crippen LogP contribution is 2.34. The fraction of sp³-hybridized carbons (Fsp3) is 0.222. The molecule has 0 aliphatic carbocycles. The third kappa shape index (κ3) is 3.17. The van der Waals surface area contributed by atoms with Gasteiger partial charge in [-0.15, -0.1) is 0 Å². The molecule has 0 saturated heterocycles. The van der Waals surface area contributed by atoms with Gasteiger partial charge in [0.2, 0.25) is 0 Å². The second kappa shape index (κ2) is 7.41. The quantitative estimate of drug-likeness (QED) is 0.758. The summed E-state index contributed by atoms with van der Waals surface area (Å²) in [5.41, 5.74) is 1.72. The number of ether oxygens (including phenoxy) is 4. The maximum Gasteiger partial charge on any atom is 0.129 e. The average molecular weight is 300 g/mol. The fourth-order valence-electron chi connectivity index (χ4n) is 2.25. The minimum atomic E-state index is 0.740. The van der Waals surface area contributed by atoms with Crippen LogP contribution in [0.1, 0.15) is 11.1 Å². The maximum absolute atomic E-state index is 5.40. The second-order valence-electron chi connectivity index (χ2n) is 4.49. The molecule has 22 heavy (non-hydrogen) atoms. The van der Waals surface area contributed by atoms with E-state index in [9.17, 15) is 0 Å². The fourth-order valence-corrected chi connectivity index (χ4v) is 2.25. The molecule has 4 nitrogen and oxygen atoms in total. The molecule has 0 bridgehead atoms. The smallest absolute Gasteiger partial charge is 0.129 e. The van der Waals surface area contributed by atoms with Crippen molar-refractivity contribution in [1.29, 1.82) is 0 Å². The Balaban J connectivity index is 2.49. The lowest BCUT2D eigenvalue weighted by molar-refractivity contribution is 0.391. The first kappa shape index (κ1) is 15.8. The topological polar surface area (TPSA) is 36.9 Å². The van der Waals surface area contributed by atoms with Crippen molar-refractivity contribution in [3.8, 4) is 23.0 Å². The molecule has 2 rings (SSSR count). The van der Waals surface area contributed by atoms with Crippen LogP contribution in [-0.4, -0.2) is 28.4 Å². The van der Waals surface area contributed by atoms with Crippen molar-refractivity contribution in [2.24, 2.45) is 0 Å². The Morgan fingerprint density at radius 2 is 0.818 bits per heavy atom. The van der Waals surface area contributed by atoms with E-state index in [1.54, 1.807) is 28.4 Å². The standard InChI is InChI=1S/C18H20O4/c1-19-15-7-5-8-16(20-2)13(15)11-12-14-17(21-3)9-6-10-18(14)22-4/h5-12H,1-4H3/b12-11-. The molecule has 2 aromatic rings. The summed E-state index contributed by atoms with van der Waals surface area (Å²) in [6.07, 6.45) is 3.86. The summed E-state index contributed by atoms with van der Waals surface area (Å²) in [6.45, 7) is 0. The van der Waals surface area contributed by atoms with Gasteiger partial charge in [0.05, 0.1) is 39.6 Å². The van der Waals surface area contributed by atoms with Crippen LogP contribution in [0.4, 0.5) is 0 Å². The lowest BCUT2D eigenvalue weighted by Gasteiger charge is -2.11. The molecule has 0 aliphatic heterocycles. The summed E-state index contributed by atoms with van der Waals surface area (Å²) in [5.74, 6) is 2.96.